The quantitative estimate of drug-likeness (QED) is 0.357. The largest absolute Gasteiger partial charge is 0.478 e. The van der Waals surface area contributed by atoms with Crippen LogP contribution in [0.1, 0.15) is 41.0 Å². The first kappa shape index (κ1) is 28.9. The number of rotatable bonds is 10. The van der Waals surface area contributed by atoms with Crippen LogP contribution in [-0.2, 0) is 28.7 Å². The van der Waals surface area contributed by atoms with E-state index >= 15 is 0 Å². The highest BCUT2D eigenvalue weighted by molar-refractivity contribution is 6.31. The van der Waals surface area contributed by atoms with Gasteiger partial charge in [0.05, 0.1) is 23.4 Å². The Bertz CT molecular complexity index is 1310. The number of ether oxygens (including phenoxy) is 2. The number of hydrogen-bond acceptors (Lipinski definition) is 6. The van der Waals surface area contributed by atoms with Crippen LogP contribution < -0.4 is 10.1 Å². The monoisotopic (exact) mass is 551 g/mol. The number of carboxylic acid groups (broad SMARTS) is 1. The zero-order valence-electron chi connectivity index (χ0n) is 20.7. The minimum absolute atomic E-state index is 0.0463. The number of methoxy groups -OCH3 is 1. The second-order valence-electron chi connectivity index (χ2n) is 8.73. The molecule has 8 nitrogen and oxygen atoms in total. The summed E-state index contributed by atoms with van der Waals surface area (Å²) in [7, 11) is 1.49. The zero-order valence-corrected chi connectivity index (χ0v) is 21.5. The minimum Gasteiger partial charge on any atom is -0.478 e. The van der Waals surface area contributed by atoms with Crippen LogP contribution in [-0.4, -0.2) is 46.3 Å². The zero-order chi connectivity index (χ0) is 28.1. The average molecular weight is 552 g/mol. The molecule has 0 unspecified atom stereocenters. The number of hydrogen-bond donors (Lipinski definition) is 2. The van der Waals surface area contributed by atoms with Gasteiger partial charge >= 0.3 is 12.1 Å². The van der Waals surface area contributed by atoms with Gasteiger partial charge in [-0.15, -0.1) is 0 Å². The summed E-state index contributed by atoms with van der Waals surface area (Å²) in [5.41, 5.74) is -0.785. The molecule has 0 atom stereocenters. The molecule has 202 valence electrons. The van der Waals surface area contributed by atoms with E-state index in [2.05, 4.69) is 15.3 Å². The molecule has 0 saturated carbocycles. The number of carbonyl (C=O) groups is 2. The highest BCUT2D eigenvalue weighted by atomic mass is 35.5. The van der Waals surface area contributed by atoms with Gasteiger partial charge in [-0.3, -0.25) is 4.79 Å². The second-order valence-corrected chi connectivity index (χ2v) is 9.13. The molecule has 0 spiro atoms. The molecule has 0 radical (unpaired) electrons. The van der Waals surface area contributed by atoms with E-state index in [1.165, 1.54) is 45.4 Å². The molecule has 0 fully saturated rings. The molecular formula is C26H25ClF3N3O5. The van der Waals surface area contributed by atoms with Crippen LogP contribution in [0.15, 0.2) is 48.7 Å². The first-order valence-electron chi connectivity index (χ1n) is 11.3. The van der Waals surface area contributed by atoms with Crippen molar-refractivity contribution >= 4 is 23.5 Å². The van der Waals surface area contributed by atoms with Crippen molar-refractivity contribution in [2.75, 3.05) is 13.7 Å². The fourth-order valence-electron chi connectivity index (χ4n) is 3.29. The Kier molecular flexibility index (Phi) is 8.95. The molecule has 2 N–H and O–H groups in total. The number of benzene rings is 2. The van der Waals surface area contributed by atoms with Crippen molar-refractivity contribution in [3.63, 3.8) is 0 Å². The molecule has 0 aliphatic heterocycles. The predicted octanol–water partition coefficient (Wildman–Crippen LogP) is 5.18. The third-order valence-electron chi connectivity index (χ3n) is 5.48. The Morgan fingerprint density at radius 3 is 2.37 bits per heavy atom. The predicted molar refractivity (Wildman–Crippen MR) is 133 cm³/mol. The van der Waals surface area contributed by atoms with E-state index in [1.54, 1.807) is 12.1 Å². The van der Waals surface area contributed by atoms with E-state index in [9.17, 15) is 27.9 Å². The molecular weight excluding hydrogens is 527 g/mol. The van der Waals surface area contributed by atoms with Gasteiger partial charge in [0.1, 0.15) is 5.75 Å². The van der Waals surface area contributed by atoms with Gasteiger partial charge in [-0.2, -0.15) is 13.2 Å². The Labute approximate surface area is 221 Å². The molecule has 1 amide bonds. The number of halogens is 4. The van der Waals surface area contributed by atoms with Crippen LogP contribution in [0.5, 0.6) is 5.75 Å². The summed E-state index contributed by atoms with van der Waals surface area (Å²) >= 11 is 6.30. The van der Waals surface area contributed by atoms with Crippen molar-refractivity contribution in [1.29, 1.82) is 0 Å². The maximum Gasteiger partial charge on any atom is 0.416 e. The molecule has 0 aliphatic carbocycles. The Morgan fingerprint density at radius 1 is 1.11 bits per heavy atom. The summed E-state index contributed by atoms with van der Waals surface area (Å²) < 4.78 is 49.2. The highest BCUT2D eigenvalue weighted by Gasteiger charge is 2.30. The number of alkyl halides is 3. The van der Waals surface area contributed by atoms with Crippen LogP contribution >= 0.6 is 11.6 Å². The van der Waals surface area contributed by atoms with Gasteiger partial charge in [-0.05, 0) is 43.7 Å². The topological polar surface area (TPSA) is 111 Å². The fraction of sp³-hybridized carbons (Fsp3) is 0.308. The lowest BCUT2D eigenvalue weighted by atomic mass is 10.1. The van der Waals surface area contributed by atoms with Gasteiger partial charge in [-0.1, -0.05) is 29.8 Å². The lowest BCUT2D eigenvalue weighted by Crippen LogP contribution is -2.37. The van der Waals surface area contributed by atoms with Crippen molar-refractivity contribution < 1.29 is 37.3 Å². The van der Waals surface area contributed by atoms with E-state index in [4.69, 9.17) is 21.1 Å². The molecule has 38 heavy (non-hydrogen) atoms. The van der Waals surface area contributed by atoms with Gasteiger partial charge in [0, 0.05) is 36.9 Å². The molecule has 3 rings (SSSR count). The van der Waals surface area contributed by atoms with Crippen LogP contribution in [0.4, 0.5) is 13.2 Å². The van der Waals surface area contributed by atoms with Crippen molar-refractivity contribution in [2.45, 2.75) is 38.6 Å². The number of aromatic nitrogens is 2. The molecule has 1 heterocycles. The molecule has 2 aromatic carbocycles. The van der Waals surface area contributed by atoms with Crippen molar-refractivity contribution in [3.05, 3.63) is 76.1 Å². The van der Waals surface area contributed by atoms with Crippen molar-refractivity contribution in [2.24, 2.45) is 0 Å². The first-order valence-corrected chi connectivity index (χ1v) is 11.7. The Hall–Kier alpha value is -3.70. The van der Waals surface area contributed by atoms with Crippen LogP contribution in [0.2, 0.25) is 5.02 Å². The van der Waals surface area contributed by atoms with E-state index in [0.29, 0.717) is 16.8 Å². The maximum absolute atomic E-state index is 13.0. The van der Waals surface area contributed by atoms with Crippen LogP contribution in [0.25, 0.3) is 11.4 Å². The van der Waals surface area contributed by atoms with E-state index in [-0.39, 0.29) is 41.7 Å². The summed E-state index contributed by atoms with van der Waals surface area (Å²) in [4.78, 5) is 32.8. The number of carboxylic acids is 1. The molecule has 3 aromatic rings. The maximum atomic E-state index is 13.0. The van der Waals surface area contributed by atoms with Crippen LogP contribution in [0.3, 0.4) is 0 Å². The van der Waals surface area contributed by atoms with Gasteiger partial charge in [0.25, 0.3) is 5.91 Å². The SMILES string of the molecule is COCCc1nc(-c2ccc(C(F)(F)F)cc2)ncc1C(=O)NCc1ccc(OC(C)(C)C(=O)O)cc1Cl. The summed E-state index contributed by atoms with van der Waals surface area (Å²) in [6.07, 6.45) is -2.88. The molecule has 12 heteroatoms. The summed E-state index contributed by atoms with van der Waals surface area (Å²) in [6, 6.07) is 9.03. The van der Waals surface area contributed by atoms with Gasteiger partial charge < -0.3 is 19.9 Å². The van der Waals surface area contributed by atoms with E-state index < -0.39 is 29.2 Å². The smallest absolute Gasteiger partial charge is 0.416 e. The van der Waals surface area contributed by atoms with Gasteiger partial charge in [-0.25, -0.2) is 14.8 Å². The first-order chi connectivity index (χ1) is 17.8. The van der Waals surface area contributed by atoms with Crippen LogP contribution in [0, 0.1) is 0 Å². The number of nitrogens with one attached hydrogen (secondary N) is 1. The molecule has 0 bridgehead atoms. The fourth-order valence-corrected chi connectivity index (χ4v) is 3.52. The second kappa shape index (κ2) is 11.8. The number of amides is 1. The standard InChI is InChI=1S/C26H25ClF3N3O5/c1-25(2,24(35)36)38-18-9-6-16(20(27)12-18)13-32-23(34)19-14-31-22(33-21(19)10-11-37-3)15-4-7-17(8-5-15)26(28,29)30/h4-9,12,14H,10-11,13H2,1-3H3,(H,32,34)(H,35,36). The third-order valence-corrected chi connectivity index (χ3v) is 5.83. The molecule has 0 saturated heterocycles. The third kappa shape index (κ3) is 7.20. The van der Waals surface area contributed by atoms with Crippen molar-refractivity contribution in [3.8, 4) is 17.1 Å². The number of carbonyl (C=O) groups excluding carboxylic acids is 1. The molecule has 1 aromatic heterocycles. The number of aliphatic carboxylic acids is 1. The lowest BCUT2D eigenvalue weighted by Gasteiger charge is -2.22. The van der Waals surface area contributed by atoms with Crippen molar-refractivity contribution in [1.82, 2.24) is 15.3 Å². The Morgan fingerprint density at radius 2 is 1.79 bits per heavy atom. The lowest BCUT2D eigenvalue weighted by molar-refractivity contribution is -0.152. The van der Waals surface area contributed by atoms with E-state index in [1.807, 2.05) is 0 Å². The highest BCUT2D eigenvalue weighted by Crippen LogP contribution is 2.30. The van der Waals surface area contributed by atoms with Gasteiger partial charge in [0.15, 0.2) is 11.4 Å². The number of nitrogens with zero attached hydrogens (tertiary/aromatic N) is 2. The van der Waals surface area contributed by atoms with Gasteiger partial charge in [0.2, 0.25) is 0 Å². The summed E-state index contributed by atoms with van der Waals surface area (Å²) in [6.45, 7) is 3.11. The Balaban J connectivity index is 1.77. The molecule has 0 aliphatic rings. The minimum atomic E-state index is -4.46. The summed E-state index contributed by atoms with van der Waals surface area (Å²) in [5, 5.41) is 12.2. The van der Waals surface area contributed by atoms with E-state index in [0.717, 1.165) is 12.1 Å². The summed E-state index contributed by atoms with van der Waals surface area (Å²) in [5.74, 6) is -1.20. The average Bonchev–Trinajstić information content (AvgIpc) is 2.86. The normalized spacial score (nSPS) is 11.8.